The normalized spacial score (nSPS) is 22.3. The molecule has 1 saturated heterocycles. The smallest absolute Gasteiger partial charge is 0.269 e. The third kappa shape index (κ3) is 3.51. The summed E-state index contributed by atoms with van der Waals surface area (Å²) in [5.41, 5.74) is 1.94. The largest absolute Gasteiger partial charge is 0.380 e. The van der Waals surface area contributed by atoms with Crippen LogP contribution < -0.4 is 4.90 Å². The van der Waals surface area contributed by atoms with Crippen molar-refractivity contribution < 1.29 is 14.4 Å². The number of rotatable bonds is 5. The summed E-state index contributed by atoms with van der Waals surface area (Å²) in [6, 6.07) is 4.96. The van der Waals surface area contributed by atoms with E-state index in [2.05, 4.69) is 11.8 Å². The number of non-ortho nitro benzene ring substituents is 1. The molecule has 0 N–H and O–H groups in total. The molecule has 1 aliphatic heterocycles. The first-order valence-electron chi connectivity index (χ1n) is 7.10. The molecule has 2 atom stereocenters. The maximum absolute atomic E-state index is 10.9. The van der Waals surface area contributed by atoms with Gasteiger partial charge in [0.15, 0.2) is 0 Å². The first kappa shape index (κ1) is 15.7. The number of benzene rings is 1. The Morgan fingerprint density at radius 2 is 2.19 bits per heavy atom. The van der Waals surface area contributed by atoms with E-state index in [1.54, 1.807) is 26.4 Å². The van der Waals surface area contributed by atoms with E-state index in [4.69, 9.17) is 9.47 Å². The standard InChI is InChI=1S/C15H22N2O4/c1-11-6-7-16(9-15(11)21-3)14-5-4-13(17(18)19)8-12(14)10-20-2/h4-5,8,11,15H,6-7,9-10H2,1-3H3. The van der Waals surface area contributed by atoms with Gasteiger partial charge in [-0.3, -0.25) is 10.1 Å². The molecule has 0 radical (unpaired) electrons. The minimum atomic E-state index is -0.376. The van der Waals surface area contributed by atoms with E-state index >= 15 is 0 Å². The Kier molecular flexibility index (Phi) is 5.14. The summed E-state index contributed by atoms with van der Waals surface area (Å²) in [5, 5.41) is 10.9. The Bertz CT molecular complexity index is 506. The van der Waals surface area contributed by atoms with E-state index in [-0.39, 0.29) is 16.7 Å². The Morgan fingerprint density at radius 1 is 1.43 bits per heavy atom. The van der Waals surface area contributed by atoms with Crippen LogP contribution in [0, 0.1) is 16.0 Å². The van der Waals surface area contributed by atoms with Crippen LogP contribution in [0.2, 0.25) is 0 Å². The van der Waals surface area contributed by atoms with Crippen LogP contribution in [0.4, 0.5) is 11.4 Å². The van der Waals surface area contributed by atoms with Crippen molar-refractivity contribution >= 4 is 11.4 Å². The average Bonchev–Trinajstić information content (AvgIpc) is 2.48. The third-order valence-corrected chi connectivity index (χ3v) is 4.11. The average molecular weight is 294 g/mol. The van der Waals surface area contributed by atoms with Crippen LogP contribution in [0.3, 0.4) is 0 Å². The molecule has 1 aromatic carbocycles. The molecule has 0 aromatic heterocycles. The van der Waals surface area contributed by atoms with Crippen LogP contribution in [0.5, 0.6) is 0 Å². The number of methoxy groups -OCH3 is 2. The van der Waals surface area contributed by atoms with Gasteiger partial charge in [-0.2, -0.15) is 0 Å². The fourth-order valence-electron chi connectivity index (χ4n) is 2.82. The molecule has 1 heterocycles. The van der Waals surface area contributed by atoms with Gasteiger partial charge in [0.1, 0.15) is 0 Å². The second kappa shape index (κ2) is 6.87. The zero-order valence-electron chi connectivity index (χ0n) is 12.7. The Balaban J connectivity index is 2.27. The van der Waals surface area contributed by atoms with Crippen molar-refractivity contribution in [1.82, 2.24) is 0 Å². The van der Waals surface area contributed by atoms with E-state index in [0.29, 0.717) is 12.5 Å². The molecule has 21 heavy (non-hydrogen) atoms. The predicted molar refractivity (Wildman–Crippen MR) is 80.6 cm³/mol. The summed E-state index contributed by atoms with van der Waals surface area (Å²) < 4.78 is 10.7. The van der Waals surface area contributed by atoms with Gasteiger partial charge in [0, 0.05) is 50.7 Å². The molecular formula is C15H22N2O4. The molecule has 1 fully saturated rings. The zero-order chi connectivity index (χ0) is 15.4. The molecule has 0 bridgehead atoms. The lowest BCUT2D eigenvalue weighted by Gasteiger charge is -2.38. The first-order valence-corrected chi connectivity index (χ1v) is 7.10. The number of piperidine rings is 1. The van der Waals surface area contributed by atoms with E-state index in [1.165, 1.54) is 0 Å². The number of nitro benzene ring substituents is 1. The van der Waals surface area contributed by atoms with Crippen LogP contribution in [-0.2, 0) is 16.1 Å². The van der Waals surface area contributed by atoms with Gasteiger partial charge in [0.25, 0.3) is 5.69 Å². The van der Waals surface area contributed by atoms with Crippen molar-refractivity contribution in [2.45, 2.75) is 26.1 Å². The summed E-state index contributed by atoms with van der Waals surface area (Å²) >= 11 is 0. The van der Waals surface area contributed by atoms with Crippen molar-refractivity contribution in [3.05, 3.63) is 33.9 Å². The molecule has 6 heteroatoms. The Hall–Kier alpha value is -1.66. The fraction of sp³-hybridized carbons (Fsp3) is 0.600. The van der Waals surface area contributed by atoms with Crippen LogP contribution in [0.25, 0.3) is 0 Å². The minimum absolute atomic E-state index is 0.0967. The van der Waals surface area contributed by atoms with Crippen LogP contribution in [-0.4, -0.2) is 38.3 Å². The molecule has 2 rings (SSSR count). The van der Waals surface area contributed by atoms with Crippen molar-refractivity contribution in [3.8, 4) is 0 Å². The topological polar surface area (TPSA) is 64.8 Å². The molecule has 0 spiro atoms. The van der Waals surface area contributed by atoms with Crippen molar-refractivity contribution in [2.75, 3.05) is 32.2 Å². The lowest BCUT2D eigenvalue weighted by molar-refractivity contribution is -0.384. The molecule has 1 aliphatic rings. The van der Waals surface area contributed by atoms with Gasteiger partial charge in [0.05, 0.1) is 17.6 Å². The molecule has 0 amide bonds. The second-order valence-electron chi connectivity index (χ2n) is 5.49. The van der Waals surface area contributed by atoms with Gasteiger partial charge in [-0.05, 0) is 18.4 Å². The predicted octanol–water partition coefficient (Wildman–Crippen LogP) is 2.60. The van der Waals surface area contributed by atoms with E-state index in [9.17, 15) is 10.1 Å². The second-order valence-corrected chi connectivity index (χ2v) is 5.49. The zero-order valence-corrected chi connectivity index (χ0v) is 12.7. The van der Waals surface area contributed by atoms with E-state index in [1.807, 2.05) is 6.07 Å². The van der Waals surface area contributed by atoms with E-state index < -0.39 is 0 Å². The molecule has 2 unspecified atom stereocenters. The summed E-state index contributed by atoms with van der Waals surface area (Å²) in [4.78, 5) is 12.8. The number of hydrogen-bond donors (Lipinski definition) is 0. The van der Waals surface area contributed by atoms with Gasteiger partial charge in [-0.1, -0.05) is 6.92 Å². The maximum Gasteiger partial charge on any atom is 0.269 e. The lowest BCUT2D eigenvalue weighted by atomic mass is 9.95. The van der Waals surface area contributed by atoms with Crippen LogP contribution in [0.1, 0.15) is 18.9 Å². The quantitative estimate of drug-likeness (QED) is 0.617. The highest BCUT2D eigenvalue weighted by atomic mass is 16.6. The number of hydrogen-bond acceptors (Lipinski definition) is 5. The molecule has 116 valence electrons. The molecular weight excluding hydrogens is 272 g/mol. The van der Waals surface area contributed by atoms with Crippen molar-refractivity contribution in [1.29, 1.82) is 0 Å². The maximum atomic E-state index is 10.9. The van der Waals surface area contributed by atoms with Gasteiger partial charge in [0.2, 0.25) is 0 Å². The highest BCUT2D eigenvalue weighted by Gasteiger charge is 2.27. The minimum Gasteiger partial charge on any atom is -0.380 e. The summed E-state index contributed by atoms with van der Waals surface area (Å²) in [6.07, 6.45) is 1.23. The number of ether oxygens (including phenoxy) is 2. The Morgan fingerprint density at radius 3 is 2.81 bits per heavy atom. The highest BCUT2D eigenvalue weighted by Crippen LogP contribution is 2.30. The van der Waals surface area contributed by atoms with Gasteiger partial charge >= 0.3 is 0 Å². The lowest BCUT2D eigenvalue weighted by Crippen LogP contribution is -2.44. The Labute approximate surface area is 124 Å². The van der Waals surface area contributed by atoms with Gasteiger partial charge < -0.3 is 14.4 Å². The number of anilines is 1. The van der Waals surface area contributed by atoms with Gasteiger partial charge in [-0.15, -0.1) is 0 Å². The van der Waals surface area contributed by atoms with Crippen molar-refractivity contribution in [2.24, 2.45) is 5.92 Å². The molecule has 6 nitrogen and oxygen atoms in total. The monoisotopic (exact) mass is 294 g/mol. The summed E-state index contributed by atoms with van der Waals surface area (Å²) in [7, 11) is 3.33. The third-order valence-electron chi connectivity index (χ3n) is 4.11. The number of nitro groups is 1. The first-order chi connectivity index (χ1) is 10.1. The molecule has 0 aliphatic carbocycles. The van der Waals surface area contributed by atoms with E-state index in [0.717, 1.165) is 30.8 Å². The van der Waals surface area contributed by atoms with Crippen LogP contribution in [0.15, 0.2) is 18.2 Å². The highest BCUT2D eigenvalue weighted by molar-refractivity contribution is 5.58. The SMILES string of the molecule is COCc1cc([N+](=O)[O-])ccc1N1CCC(C)C(OC)C1. The van der Waals surface area contributed by atoms with Crippen molar-refractivity contribution in [3.63, 3.8) is 0 Å². The summed E-state index contributed by atoms with van der Waals surface area (Å²) in [6.45, 7) is 4.28. The fourth-order valence-corrected chi connectivity index (χ4v) is 2.82. The molecule has 1 aromatic rings. The van der Waals surface area contributed by atoms with Gasteiger partial charge in [-0.25, -0.2) is 0 Å². The summed E-state index contributed by atoms with van der Waals surface area (Å²) in [5.74, 6) is 0.523. The number of nitrogens with zero attached hydrogens (tertiary/aromatic N) is 2. The van der Waals surface area contributed by atoms with Crippen LogP contribution >= 0.6 is 0 Å². The molecule has 0 saturated carbocycles.